The van der Waals surface area contributed by atoms with Crippen molar-refractivity contribution in [3.63, 3.8) is 0 Å². The van der Waals surface area contributed by atoms with Gasteiger partial charge in [-0.1, -0.05) is 6.92 Å². The number of carbonyl (C=O) groups excluding carboxylic acids is 2. The smallest absolute Gasteiger partial charge is 0.252 e. The topological polar surface area (TPSA) is 147 Å². The van der Waals surface area contributed by atoms with Crippen LogP contribution in [-0.4, -0.2) is 60.2 Å². The van der Waals surface area contributed by atoms with E-state index in [0.29, 0.717) is 43.0 Å². The summed E-state index contributed by atoms with van der Waals surface area (Å²) in [6, 6.07) is 2.14. The van der Waals surface area contributed by atoms with Crippen molar-refractivity contribution in [1.29, 1.82) is 5.26 Å². The number of aromatic nitrogens is 5. The largest absolute Gasteiger partial charge is 0.376 e. The van der Waals surface area contributed by atoms with Gasteiger partial charge in [-0.15, -0.1) is 0 Å². The first-order valence-electron chi connectivity index (χ1n) is 12.1. The maximum Gasteiger partial charge on any atom is 0.252 e. The fourth-order valence-corrected chi connectivity index (χ4v) is 5.08. The molecule has 0 spiro atoms. The molecule has 1 aliphatic carbocycles. The molecule has 2 fully saturated rings. The van der Waals surface area contributed by atoms with Gasteiger partial charge in [0.25, 0.3) is 5.91 Å². The van der Waals surface area contributed by atoms with E-state index in [1.807, 2.05) is 17.8 Å². The quantitative estimate of drug-likeness (QED) is 0.531. The Kier molecular flexibility index (Phi) is 5.67. The standard InChI is InChI=1S/C24H29N9O2/c1-3-15-10-31(23(35)24(14-25)6-5-7-24)12-18(15)29-20-17(21(26)34)9-28-33-13-19(30-22(20)33)16-8-27-32(4-2)11-16/h8-9,11,13,15,18,29H,3-7,10,12H2,1-2H3,(H2,26,34)/t15-,18-/m1/s1. The number of likely N-dealkylation sites (tertiary alicyclic amines) is 1. The molecular weight excluding hydrogens is 446 g/mol. The number of anilines is 1. The molecule has 0 unspecified atom stereocenters. The van der Waals surface area contributed by atoms with Crippen LogP contribution in [0.25, 0.3) is 16.9 Å². The van der Waals surface area contributed by atoms with E-state index in [2.05, 4.69) is 28.5 Å². The summed E-state index contributed by atoms with van der Waals surface area (Å²) in [7, 11) is 0. The molecule has 3 N–H and O–H groups in total. The zero-order chi connectivity index (χ0) is 24.7. The van der Waals surface area contributed by atoms with Crippen LogP contribution in [-0.2, 0) is 11.3 Å². The Bertz CT molecular complexity index is 1330. The van der Waals surface area contributed by atoms with Crippen LogP contribution in [0.3, 0.4) is 0 Å². The Balaban J connectivity index is 1.48. The van der Waals surface area contributed by atoms with Crippen molar-refractivity contribution in [3.8, 4) is 17.3 Å². The van der Waals surface area contributed by atoms with Crippen LogP contribution in [0.15, 0.2) is 24.8 Å². The molecule has 2 amide bonds. The monoisotopic (exact) mass is 475 g/mol. The van der Waals surface area contributed by atoms with E-state index in [1.54, 1.807) is 21.8 Å². The third-order valence-electron chi connectivity index (χ3n) is 7.42. The molecule has 1 aliphatic heterocycles. The Morgan fingerprint density at radius 1 is 1.23 bits per heavy atom. The van der Waals surface area contributed by atoms with Gasteiger partial charge in [0.2, 0.25) is 5.91 Å². The minimum Gasteiger partial charge on any atom is -0.376 e. The Labute approximate surface area is 202 Å². The molecule has 2 aliphatic rings. The molecule has 35 heavy (non-hydrogen) atoms. The normalized spacial score (nSPS) is 21.0. The highest BCUT2D eigenvalue weighted by Crippen LogP contribution is 2.43. The number of carbonyl (C=O) groups is 2. The van der Waals surface area contributed by atoms with Crippen molar-refractivity contribution in [1.82, 2.24) is 29.3 Å². The average Bonchev–Trinajstić information content (AvgIpc) is 3.56. The minimum atomic E-state index is -0.879. The second-order valence-electron chi connectivity index (χ2n) is 9.45. The number of nitrogens with zero attached hydrogens (tertiary/aromatic N) is 7. The molecule has 11 heteroatoms. The molecule has 3 aromatic rings. The van der Waals surface area contributed by atoms with E-state index in [-0.39, 0.29) is 23.4 Å². The summed E-state index contributed by atoms with van der Waals surface area (Å²) in [5.74, 6) is -0.538. The summed E-state index contributed by atoms with van der Waals surface area (Å²) in [4.78, 5) is 32.0. The summed E-state index contributed by atoms with van der Waals surface area (Å²) in [5.41, 5.74) is 7.55. The number of primary amides is 1. The van der Waals surface area contributed by atoms with E-state index >= 15 is 0 Å². The average molecular weight is 476 g/mol. The Hall–Kier alpha value is -3.94. The van der Waals surface area contributed by atoms with Crippen LogP contribution in [0.1, 0.15) is 49.9 Å². The second kappa shape index (κ2) is 8.69. The molecule has 1 saturated heterocycles. The van der Waals surface area contributed by atoms with Crippen molar-refractivity contribution >= 4 is 23.1 Å². The number of nitrogens with two attached hydrogens (primary N) is 1. The molecule has 4 heterocycles. The summed E-state index contributed by atoms with van der Waals surface area (Å²) in [5, 5.41) is 21.8. The van der Waals surface area contributed by atoms with Crippen LogP contribution in [0.4, 0.5) is 5.69 Å². The molecule has 5 rings (SSSR count). The molecule has 2 atom stereocenters. The summed E-state index contributed by atoms with van der Waals surface area (Å²) in [6.07, 6.45) is 9.86. The highest BCUT2D eigenvalue weighted by atomic mass is 16.2. The van der Waals surface area contributed by atoms with Crippen LogP contribution in [0.2, 0.25) is 0 Å². The molecule has 3 aromatic heterocycles. The van der Waals surface area contributed by atoms with Crippen molar-refractivity contribution in [2.45, 2.75) is 52.1 Å². The Morgan fingerprint density at radius 2 is 2.03 bits per heavy atom. The summed E-state index contributed by atoms with van der Waals surface area (Å²) in [6.45, 7) is 5.84. The molecular formula is C24H29N9O2. The number of fused-ring (bicyclic) bond motifs is 1. The third-order valence-corrected chi connectivity index (χ3v) is 7.42. The molecule has 1 saturated carbocycles. The summed E-state index contributed by atoms with van der Waals surface area (Å²) >= 11 is 0. The van der Waals surface area contributed by atoms with E-state index in [1.165, 1.54) is 6.20 Å². The van der Waals surface area contributed by atoms with E-state index in [4.69, 9.17) is 10.7 Å². The van der Waals surface area contributed by atoms with Gasteiger partial charge < -0.3 is 16.0 Å². The molecule has 182 valence electrons. The van der Waals surface area contributed by atoms with Crippen molar-refractivity contribution in [3.05, 3.63) is 30.4 Å². The number of nitrogens with one attached hydrogen (secondary N) is 1. The van der Waals surface area contributed by atoms with Crippen molar-refractivity contribution < 1.29 is 9.59 Å². The minimum absolute atomic E-state index is 0.0833. The number of rotatable bonds is 7. The van der Waals surface area contributed by atoms with Crippen LogP contribution >= 0.6 is 0 Å². The van der Waals surface area contributed by atoms with Gasteiger partial charge >= 0.3 is 0 Å². The van der Waals surface area contributed by atoms with E-state index < -0.39 is 11.3 Å². The highest BCUT2D eigenvalue weighted by molar-refractivity contribution is 6.01. The van der Waals surface area contributed by atoms with Crippen LogP contribution < -0.4 is 11.1 Å². The van der Waals surface area contributed by atoms with Gasteiger partial charge in [0, 0.05) is 37.4 Å². The van der Waals surface area contributed by atoms with Gasteiger partial charge in [0.15, 0.2) is 5.65 Å². The van der Waals surface area contributed by atoms with Gasteiger partial charge in [-0.05, 0) is 38.5 Å². The fraction of sp³-hybridized carbons (Fsp3) is 0.500. The Morgan fingerprint density at radius 3 is 2.63 bits per heavy atom. The lowest BCUT2D eigenvalue weighted by atomic mass is 9.69. The number of nitriles is 1. The summed E-state index contributed by atoms with van der Waals surface area (Å²) < 4.78 is 3.43. The lowest BCUT2D eigenvalue weighted by Crippen LogP contribution is -2.46. The molecule has 0 radical (unpaired) electrons. The maximum absolute atomic E-state index is 13.2. The molecule has 0 bridgehead atoms. The van der Waals surface area contributed by atoms with Gasteiger partial charge in [-0.2, -0.15) is 15.5 Å². The van der Waals surface area contributed by atoms with Crippen molar-refractivity contribution in [2.75, 3.05) is 18.4 Å². The molecule has 11 nitrogen and oxygen atoms in total. The van der Waals surface area contributed by atoms with Gasteiger partial charge in [0.05, 0.1) is 41.6 Å². The van der Waals surface area contributed by atoms with Crippen LogP contribution in [0, 0.1) is 22.7 Å². The number of imidazole rings is 1. The highest BCUT2D eigenvalue weighted by Gasteiger charge is 2.49. The first kappa shape index (κ1) is 22.8. The van der Waals surface area contributed by atoms with E-state index in [0.717, 1.165) is 24.9 Å². The fourth-order valence-electron chi connectivity index (χ4n) is 5.08. The SMILES string of the molecule is CC[C@@H]1CN(C(=O)C2(C#N)CCC2)C[C@H]1Nc1c(C(N)=O)cnn2cc(-c3cnn(CC)c3)nc12. The molecule has 0 aromatic carbocycles. The lowest BCUT2D eigenvalue weighted by Gasteiger charge is -2.36. The number of amides is 2. The van der Waals surface area contributed by atoms with Crippen molar-refractivity contribution in [2.24, 2.45) is 17.1 Å². The maximum atomic E-state index is 13.2. The first-order valence-corrected chi connectivity index (χ1v) is 12.1. The van der Waals surface area contributed by atoms with E-state index in [9.17, 15) is 14.9 Å². The van der Waals surface area contributed by atoms with Gasteiger partial charge in [-0.3, -0.25) is 14.3 Å². The predicted octanol–water partition coefficient (Wildman–Crippen LogP) is 2.05. The van der Waals surface area contributed by atoms with Gasteiger partial charge in [0.1, 0.15) is 5.41 Å². The number of aryl methyl sites for hydroxylation is 1. The zero-order valence-electron chi connectivity index (χ0n) is 19.9. The zero-order valence-corrected chi connectivity index (χ0v) is 19.9. The third kappa shape index (κ3) is 3.79. The number of hydrogen-bond acceptors (Lipinski definition) is 7. The lowest BCUT2D eigenvalue weighted by molar-refractivity contribution is -0.142. The second-order valence-corrected chi connectivity index (χ2v) is 9.45. The predicted molar refractivity (Wildman–Crippen MR) is 128 cm³/mol. The van der Waals surface area contributed by atoms with Gasteiger partial charge in [-0.25, -0.2) is 9.50 Å². The van der Waals surface area contributed by atoms with Crippen LogP contribution in [0.5, 0.6) is 0 Å². The first-order chi connectivity index (χ1) is 16.9. The number of hydrogen-bond donors (Lipinski definition) is 2.